The van der Waals surface area contributed by atoms with Crippen molar-refractivity contribution in [2.45, 2.75) is 6.54 Å². The topological polar surface area (TPSA) is 38.7 Å². The van der Waals surface area contributed by atoms with Crippen molar-refractivity contribution in [3.05, 3.63) is 58.1 Å². The number of anilines is 1. The van der Waals surface area contributed by atoms with Gasteiger partial charge >= 0.3 is 0 Å². The summed E-state index contributed by atoms with van der Waals surface area (Å²) in [6.45, 7) is 4.33. The third-order valence-corrected chi connectivity index (χ3v) is 5.06. The fraction of sp³-hybridized carbons (Fsp3) is 0.278. The first-order chi connectivity index (χ1) is 12.0. The Labute approximate surface area is 163 Å². The molecule has 1 heterocycles. The fourth-order valence-corrected chi connectivity index (χ4v) is 3.56. The highest BCUT2D eigenvalue weighted by Crippen LogP contribution is 2.25. The first kappa shape index (κ1) is 18.3. The summed E-state index contributed by atoms with van der Waals surface area (Å²) in [5.41, 5.74) is 1.88. The number of phenolic OH excluding ortho intramolecular Hbond substituents is 1. The molecule has 0 radical (unpaired) electrons. The van der Waals surface area contributed by atoms with Crippen molar-refractivity contribution in [1.29, 1.82) is 0 Å². The van der Waals surface area contributed by atoms with E-state index >= 15 is 0 Å². The lowest BCUT2D eigenvalue weighted by Crippen LogP contribution is -2.49. The van der Waals surface area contributed by atoms with Gasteiger partial charge in [-0.15, -0.1) is 0 Å². The van der Waals surface area contributed by atoms with Crippen LogP contribution in [0.5, 0.6) is 5.75 Å². The van der Waals surface area contributed by atoms with Crippen molar-refractivity contribution < 1.29 is 5.11 Å². The molecule has 7 heteroatoms. The lowest BCUT2D eigenvalue weighted by Gasteiger charge is -2.36. The van der Waals surface area contributed by atoms with E-state index in [4.69, 9.17) is 35.4 Å². The molecule has 2 aromatic rings. The number of nitrogens with one attached hydrogen (secondary N) is 1. The molecular weight excluding hydrogens is 377 g/mol. The Balaban J connectivity index is 1.52. The van der Waals surface area contributed by atoms with Gasteiger partial charge in [0.2, 0.25) is 0 Å². The number of phenols is 1. The van der Waals surface area contributed by atoms with Crippen LogP contribution in [0.1, 0.15) is 5.56 Å². The smallest absolute Gasteiger partial charge is 0.173 e. The van der Waals surface area contributed by atoms with Crippen LogP contribution in [-0.2, 0) is 6.54 Å². The minimum absolute atomic E-state index is 0.307. The molecule has 0 bridgehead atoms. The Hall–Kier alpha value is -1.53. The molecule has 4 nitrogen and oxygen atoms in total. The van der Waals surface area contributed by atoms with Crippen molar-refractivity contribution in [3.8, 4) is 5.75 Å². The van der Waals surface area contributed by atoms with Crippen LogP contribution in [0.3, 0.4) is 0 Å². The van der Waals surface area contributed by atoms with Crippen LogP contribution < -0.4 is 5.32 Å². The summed E-state index contributed by atoms with van der Waals surface area (Å²) in [7, 11) is 0. The van der Waals surface area contributed by atoms with Crippen LogP contribution in [0.15, 0.2) is 42.5 Å². The van der Waals surface area contributed by atoms with E-state index in [1.807, 2.05) is 18.2 Å². The van der Waals surface area contributed by atoms with Gasteiger partial charge in [0, 0.05) is 37.7 Å². The number of hydrogen-bond donors (Lipinski definition) is 2. The molecule has 1 saturated heterocycles. The maximum atomic E-state index is 9.57. The zero-order valence-corrected chi connectivity index (χ0v) is 15.9. The average molecular weight is 396 g/mol. The molecule has 0 atom stereocenters. The highest BCUT2D eigenvalue weighted by Gasteiger charge is 2.19. The summed E-state index contributed by atoms with van der Waals surface area (Å²) in [6, 6.07) is 12.7. The Morgan fingerprint density at radius 2 is 1.84 bits per heavy atom. The minimum Gasteiger partial charge on any atom is -0.508 e. The number of hydrogen-bond acceptors (Lipinski definition) is 3. The van der Waals surface area contributed by atoms with Gasteiger partial charge in [0.25, 0.3) is 0 Å². The first-order valence-corrected chi connectivity index (χ1v) is 9.19. The molecule has 0 aliphatic carbocycles. The van der Waals surface area contributed by atoms with Crippen molar-refractivity contribution in [1.82, 2.24) is 9.80 Å². The van der Waals surface area contributed by atoms with E-state index in [2.05, 4.69) is 15.1 Å². The largest absolute Gasteiger partial charge is 0.508 e. The summed E-state index contributed by atoms with van der Waals surface area (Å²) in [6.07, 6.45) is 0. The zero-order chi connectivity index (χ0) is 17.8. The predicted octanol–water partition coefficient (Wildman–Crippen LogP) is 4.21. The van der Waals surface area contributed by atoms with Gasteiger partial charge in [-0.3, -0.25) is 4.90 Å². The van der Waals surface area contributed by atoms with E-state index in [0.29, 0.717) is 20.9 Å². The summed E-state index contributed by atoms with van der Waals surface area (Å²) < 4.78 is 0. The first-order valence-electron chi connectivity index (χ1n) is 8.02. The lowest BCUT2D eigenvalue weighted by molar-refractivity contribution is 0.177. The van der Waals surface area contributed by atoms with E-state index in [0.717, 1.165) is 44.0 Å². The predicted molar refractivity (Wildman–Crippen MR) is 108 cm³/mol. The Bertz CT molecular complexity index is 764. The number of halogens is 2. The van der Waals surface area contributed by atoms with Gasteiger partial charge in [-0.2, -0.15) is 0 Å². The molecular formula is C18H19Cl2N3OS. The summed E-state index contributed by atoms with van der Waals surface area (Å²) in [4.78, 5) is 4.49. The van der Waals surface area contributed by atoms with Crippen LogP contribution in [0.25, 0.3) is 0 Å². The van der Waals surface area contributed by atoms with Crippen LogP contribution in [0.4, 0.5) is 5.69 Å². The average Bonchev–Trinajstić information content (AvgIpc) is 2.58. The number of nitrogens with zero attached hydrogens (tertiary/aromatic N) is 2. The third kappa shape index (κ3) is 4.98. The van der Waals surface area contributed by atoms with E-state index in [-0.39, 0.29) is 0 Å². The molecule has 2 N–H and O–H groups in total. The van der Waals surface area contributed by atoms with Gasteiger partial charge in [0.05, 0.1) is 10.7 Å². The van der Waals surface area contributed by atoms with Crippen molar-refractivity contribution in [2.24, 2.45) is 0 Å². The van der Waals surface area contributed by atoms with E-state index in [1.165, 1.54) is 0 Å². The van der Waals surface area contributed by atoms with Crippen LogP contribution in [-0.4, -0.2) is 46.2 Å². The Morgan fingerprint density at radius 1 is 1.08 bits per heavy atom. The number of aromatic hydroxyl groups is 1. The van der Waals surface area contributed by atoms with Gasteiger partial charge in [0.1, 0.15) is 5.75 Å². The van der Waals surface area contributed by atoms with E-state index in [9.17, 15) is 5.11 Å². The van der Waals surface area contributed by atoms with E-state index < -0.39 is 0 Å². The second-order valence-electron chi connectivity index (χ2n) is 5.99. The second-order valence-corrected chi connectivity index (χ2v) is 7.22. The molecule has 0 aromatic heterocycles. The molecule has 1 fully saturated rings. The molecule has 132 valence electrons. The van der Waals surface area contributed by atoms with Crippen LogP contribution in [0, 0.1) is 0 Å². The van der Waals surface area contributed by atoms with Gasteiger partial charge in [-0.1, -0.05) is 35.3 Å². The number of thiocarbonyl (C=S) groups is 1. The molecule has 0 spiro atoms. The lowest BCUT2D eigenvalue weighted by atomic mass is 10.2. The Kier molecular flexibility index (Phi) is 6.02. The molecule has 25 heavy (non-hydrogen) atoms. The van der Waals surface area contributed by atoms with Gasteiger partial charge in [0.15, 0.2) is 5.11 Å². The van der Waals surface area contributed by atoms with Crippen LogP contribution >= 0.6 is 35.4 Å². The normalized spacial score (nSPS) is 15.2. The summed E-state index contributed by atoms with van der Waals surface area (Å²) >= 11 is 17.6. The summed E-state index contributed by atoms with van der Waals surface area (Å²) in [5, 5.41) is 14.6. The van der Waals surface area contributed by atoms with Gasteiger partial charge < -0.3 is 15.3 Å². The maximum absolute atomic E-state index is 9.57. The molecule has 1 aliphatic rings. The zero-order valence-electron chi connectivity index (χ0n) is 13.6. The molecule has 0 amide bonds. The fourth-order valence-electron chi connectivity index (χ4n) is 2.81. The molecule has 0 saturated carbocycles. The molecule has 0 unspecified atom stereocenters. The van der Waals surface area contributed by atoms with Gasteiger partial charge in [-0.05, 0) is 48.1 Å². The molecule has 2 aromatic carbocycles. The number of piperazine rings is 1. The quantitative estimate of drug-likeness (QED) is 0.761. The van der Waals surface area contributed by atoms with Crippen molar-refractivity contribution >= 4 is 46.2 Å². The number of benzene rings is 2. The SMILES string of the molecule is Oc1cccc(CN2CCN(C(=S)Nc3ccc(Cl)cc3Cl)CC2)c1. The highest BCUT2D eigenvalue weighted by atomic mass is 35.5. The third-order valence-electron chi connectivity index (χ3n) is 4.15. The molecule has 1 aliphatic heterocycles. The highest BCUT2D eigenvalue weighted by molar-refractivity contribution is 7.80. The Morgan fingerprint density at radius 3 is 2.52 bits per heavy atom. The standard InChI is InChI=1S/C18H19Cl2N3OS/c19-14-4-5-17(16(20)11-14)21-18(25)23-8-6-22(7-9-23)12-13-2-1-3-15(24)10-13/h1-5,10-11,24H,6-9,12H2,(H,21,25). The van der Waals surface area contributed by atoms with Gasteiger partial charge in [-0.25, -0.2) is 0 Å². The van der Waals surface area contributed by atoms with Crippen LogP contribution in [0.2, 0.25) is 10.0 Å². The maximum Gasteiger partial charge on any atom is 0.173 e. The summed E-state index contributed by atoms with van der Waals surface area (Å²) in [5.74, 6) is 0.307. The monoisotopic (exact) mass is 395 g/mol. The van der Waals surface area contributed by atoms with E-state index in [1.54, 1.807) is 24.3 Å². The number of rotatable bonds is 3. The van der Waals surface area contributed by atoms with Crippen molar-refractivity contribution in [3.63, 3.8) is 0 Å². The minimum atomic E-state index is 0.307. The second kappa shape index (κ2) is 8.23. The van der Waals surface area contributed by atoms with Crippen molar-refractivity contribution in [2.75, 3.05) is 31.5 Å². The molecule has 3 rings (SSSR count).